The molecule has 1 amide bonds. The third-order valence-electron chi connectivity index (χ3n) is 19.8. The van der Waals surface area contributed by atoms with E-state index in [1.165, 1.54) is 48.5 Å². The Hall–Kier alpha value is -9.71. The lowest BCUT2D eigenvalue weighted by Crippen LogP contribution is -2.32. The first-order valence-corrected chi connectivity index (χ1v) is 34.7. The molecule has 13 rings (SSSR count). The standard InChI is InChI=1S/C39H41F2IN4O5.C39H38F2N4O4/c1-5-49-34(47)19-27-26-13-16-43-31(26)20-30(41)35(27)50-25-11-12-29(40)28(18-25)36-44-21-32(46-36)39(4,23-9-8-10-24(42)17-23)15-7-6-14-38(2,3)33-22-45-37(48)51-33;1-38(2)14-4-5-15-39(3,24-8-6-7-23(17-24)9-12-35(46)47)32-21-44-37(45-32)28-18-25(10-11-29(28)40)48-36-27(19-34-43-22-33(38)49-34)26-13-16-42-31(26)20-30(36)41/h8-13,16-18,20-21,33,43H,5-7,14-15,19,22H2,1-4H3,(H,44,46)(H,45,48);6-8,10-11,13,16-18,20-22,42H,4-5,9,12,14-15,19H2,1-3H3,(H,44,45)(H,46,47). The van der Waals surface area contributed by atoms with Gasteiger partial charge in [0.05, 0.1) is 43.3 Å². The number of nitrogens with one attached hydrogen (secondary N) is 5. The predicted molar refractivity (Wildman–Crippen MR) is 381 cm³/mol. The summed E-state index contributed by atoms with van der Waals surface area (Å²) in [6.45, 7) is 15.2. The number of fused-ring (bicyclic) bond motifs is 11. The number of nitrogens with zero attached hydrogens (tertiary/aromatic N) is 3. The normalized spacial score (nSPS) is 16.8. The van der Waals surface area contributed by atoms with Gasteiger partial charge in [0.1, 0.15) is 46.6 Å². The van der Waals surface area contributed by atoms with Gasteiger partial charge in [0.25, 0.3) is 0 Å². The number of esters is 1. The van der Waals surface area contributed by atoms with Crippen molar-refractivity contribution in [2.75, 3.05) is 13.2 Å². The number of hydrogen-bond acceptors (Lipinski definition) is 11. The van der Waals surface area contributed by atoms with Crippen molar-refractivity contribution in [2.24, 2.45) is 5.41 Å². The Morgan fingerprint density at radius 2 is 1.47 bits per heavy atom. The SMILES string of the molecule is CC1(C)CCCCC(C)(c2cccc(CCC(=O)O)c2)c2cnc([nH]2)-c2cc(ccc2F)Oc2c(F)cc3[nH]ccc3c2Cc2ncc1o2.CCOC(=O)Cc1c(Oc2ccc(F)c(-c3ncc(C(C)(CCCCC(C)(C)C4CNC(=O)O4)c4cccc(I)c4)[nH]3)c2)c(F)cc2[nH]ccc12. The first-order valence-electron chi connectivity index (χ1n) is 33.6. The first-order chi connectivity index (χ1) is 47.9. The van der Waals surface area contributed by atoms with Crippen molar-refractivity contribution in [1.82, 2.24) is 40.2 Å². The molecule has 3 unspecified atom stereocenters. The second kappa shape index (κ2) is 29.2. The molecule has 2 aliphatic rings. The van der Waals surface area contributed by atoms with Crippen molar-refractivity contribution < 1.29 is 60.4 Å². The number of carbonyl (C=O) groups is 3. The number of carbonyl (C=O) groups excluding carboxylic acids is 2. The lowest BCUT2D eigenvalue weighted by Gasteiger charge is -2.32. The number of carboxylic acid groups (broad SMARTS) is 1. The molecule has 7 heterocycles. The second-order valence-electron chi connectivity index (χ2n) is 27.6. The van der Waals surface area contributed by atoms with Crippen molar-refractivity contribution in [3.63, 3.8) is 0 Å². The molecular formula is C78H79F4IN8O9. The van der Waals surface area contributed by atoms with Gasteiger partial charge in [0.2, 0.25) is 0 Å². The van der Waals surface area contributed by atoms with Gasteiger partial charge in [-0.3, -0.25) is 9.59 Å². The van der Waals surface area contributed by atoms with Crippen molar-refractivity contribution in [3.05, 3.63) is 218 Å². The van der Waals surface area contributed by atoms with E-state index in [4.69, 9.17) is 23.4 Å². The van der Waals surface area contributed by atoms with Gasteiger partial charge in [-0.2, -0.15) is 0 Å². The third kappa shape index (κ3) is 15.2. The van der Waals surface area contributed by atoms with Crippen LogP contribution in [0.1, 0.15) is 157 Å². The summed E-state index contributed by atoms with van der Waals surface area (Å²) in [5.74, 6) is -1.55. The fourth-order valence-corrected chi connectivity index (χ4v) is 14.2. The Morgan fingerprint density at radius 1 is 0.760 bits per heavy atom. The van der Waals surface area contributed by atoms with Gasteiger partial charge in [-0.05, 0) is 153 Å². The van der Waals surface area contributed by atoms with Crippen LogP contribution in [0.4, 0.5) is 22.4 Å². The number of H-pyrrole nitrogens is 4. The molecular weight excluding hydrogens is 1400 g/mol. The van der Waals surface area contributed by atoms with E-state index in [0.29, 0.717) is 58.1 Å². The molecule has 1 fully saturated rings. The Morgan fingerprint density at radius 3 is 2.23 bits per heavy atom. The van der Waals surface area contributed by atoms with E-state index < -0.39 is 46.0 Å². The average molecular weight is 1480 g/mol. The van der Waals surface area contributed by atoms with E-state index in [-0.39, 0.29) is 83.0 Å². The number of rotatable bonds is 18. The van der Waals surface area contributed by atoms with Crippen molar-refractivity contribution >= 4 is 62.4 Å². The molecule has 0 saturated carbocycles. The summed E-state index contributed by atoms with van der Waals surface area (Å²) >= 11 is 2.30. The van der Waals surface area contributed by atoms with Crippen LogP contribution < -0.4 is 14.8 Å². The van der Waals surface area contributed by atoms with Crippen LogP contribution in [0.5, 0.6) is 23.0 Å². The zero-order valence-corrected chi connectivity index (χ0v) is 58.9. The molecule has 11 aromatic rings. The molecule has 100 heavy (non-hydrogen) atoms. The summed E-state index contributed by atoms with van der Waals surface area (Å²) in [6.07, 6.45) is 15.3. The van der Waals surface area contributed by atoms with Gasteiger partial charge in [-0.25, -0.2) is 37.3 Å². The average Bonchev–Trinajstić information content (AvgIpc) is 1.51. The van der Waals surface area contributed by atoms with Crippen molar-refractivity contribution in [1.29, 1.82) is 0 Å². The Kier molecular flexibility index (Phi) is 20.5. The quantitative estimate of drug-likeness (QED) is 0.0204. The minimum atomic E-state index is -0.847. The highest BCUT2D eigenvalue weighted by molar-refractivity contribution is 14.1. The molecule has 0 spiro atoms. The molecule has 6 N–H and O–H groups in total. The van der Waals surface area contributed by atoms with Crippen LogP contribution in [0.3, 0.4) is 0 Å². The highest BCUT2D eigenvalue weighted by Gasteiger charge is 2.39. The summed E-state index contributed by atoms with van der Waals surface area (Å²) in [6, 6.07) is 31.0. The van der Waals surface area contributed by atoms with Crippen LogP contribution in [-0.4, -0.2) is 77.3 Å². The zero-order chi connectivity index (χ0) is 70.7. The highest BCUT2D eigenvalue weighted by atomic mass is 127. The number of halogens is 5. The van der Waals surface area contributed by atoms with Crippen LogP contribution >= 0.6 is 22.6 Å². The molecule has 3 atom stereocenters. The van der Waals surface area contributed by atoms with Crippen LogP contribution in [0, 0.1) is 32.3 Å². The van der Waals surface area contributed by atoms with Crippen LogP contribution in [0.25, 0.3) is 44.6 Å². The molecule has 5 aromatic heterocycles. The number of amides is 1. The predicted octanol–water partition coefficient (Wildman–Crippen LogP) is 18.7. The smallest absolute Gasteiger partial charge is 0.407 e. The number of cyclic esters (lactones) is 1. The molecule has 17 nitrogen and oxygen atoms in total. The van der Waals surface area contributed by atoms with Crippen molar-refractivity contribution in [3.8, 4) is 45.8 Å². The molecule has 6 bridgehead atoms. The number of aryl methyl sites for hydroxylation is 1. The van der Waals surface area contributed by atoms with E-state index in [1.54, 1.807) is 44.0 Å². The molecule has 22 heteroatoms. The van der Waals surface area contributed by atoms with Gasteiger partial charge < -0.3 is 53.7 Å². The molecule has 6 aromatic carbocycles. The minimum absolute atomic E-state index is 0.0112. The van der Waals surface area contributed by atoms with Gasteiger partial charge >= 0.3 is 18.0 Å². The number of aliphatic carboxylic acids is 1. The zero-order valence-electron chi connectivity index (χ0n) is 56.7. The summed E-state index contributed by atoms with van der Waals surface area (Å²) in [5, 5.41) is 13.4. The number of oxazole rings is 1. The Balaban J connectivity index is 0.000000190. The van der Waals surface area contributed by atoms with Gasteiger partial charge in [0, 0.05) is 113 Å². The fraction of sp³-hybridized carbons (Fsp3) is 0.333. The second-order valence-corrected chi connectivity index (χ2v) is 28.8. The van der Waals surface area contributed by atoms with E-state index in [0.717, 1.165) is 94.2 Å². The molecule has 520 valence electrons. The third-order valence-corrected chi connectivity index (χ3v) is 20.4. The molecule has 0 radical (unpaired) electrons. The monoisotopic (exact) mass is 1470 g/mol. The maximum absolute atomic E-state index is 15.7. The van der Waals surface area contributed by atoms with Crippen LogP contribution in [0.2, 0.25) is 0 Å². The summed E-state index contributed by atoms with van der Waals surface area (Å²) in [7, 11) is 0. The number of unbranched alkanes of at least 4 members (excludes halogenated alkanes) is 1. The van der Waals surface area contributed by atoms with Gasteiger partial charge in [0.15, 0.2) is 29.0 Å². The number of aromatic nitrogens is 7. The lowest BCUT2D eigenvalue weighted by atomic mass is 9.74. The number of imidazole rings is 2. The number of alkyl carbamates (subject to hydrolysis) is 1. The minimum Gasteiger partial charge on any atom is -0.481 e. The van der Waals surface area contributed by atoms with Crippen LogP contribution in [0.15, 0.2) is 145 Å². The number of aromatic amines is 4. The summed E-state index contributed by atoms with van der Waals surface area (Å²) in [5.41, 5.74) is 5.47. The van der Waals surface area contributed by atoms with Gasteiger partial charge in [-0.1, -0.05) is 89.8 Å². The van der Waals surface area contributed by atoms with Gasteiger partial charge in [-0.15, -0.1) is 0 Å². The van der Waals surface area contributed by atoms with Crippen molar-refractivity contribution in [2.45, 2.75) is 148 Å². The first kappa shape index (κ1) is 70.2. The van der Waals surface area contributed by atoms with E-state index in [9.17, 15) is 19.5 Å². The van der Waals surface area contributed by atoms with E-state index in [2.05, 4.69) is 123 Å². The lowest BCUT2D eigenvalue weighted by molar-refractivity contribution is -0.142. The molecule has 2 aliphatic heterocycles. The summed E-state index contributed by atoms with van der Waals surface area (Å²) in [4.78, 5) is 62.1. The largest absolute Gasteiger partial charge is 0.481 e. The maximum Gasteiger partial charge on any atom is 0.407 e. The summed E-state index contributed by atoms with van der Waals surface area (Å²) < 4.78 is 92.5. The molecule has 0 aliphatic carbocycles. The molecule has 1 saturated heterocycles. The Labute approximate surface area is 589 Å². The fourth-order valence-electron chi connectivity index (χ4n) is 13.7. The maximum atomic E-state index is 15.7. The number of carboxylic acids is 1. The topological polar surface area (TPSA) is 235 Å². The number of hydrogen-bond donors (Lipinski definition) is 6. The van der Waals surface area contributed by atoms with Crippen LogP contribution in [-0.2, 0) is 54.6 Å². The number of benzene rings is 6. The number of ether oxygens (including phenoxy) is 4. The Bertz CT molecular complexity index is 4820. The van der Waals surface area contributed by atoms with E-state index >= 15 is 17.6 Å². The van der Waals surface area contributed by atoms with E-state index in [1.807, 2.05) is 36.4 Å². The highest BCUT2D eigenvalue weighted by Crippen LogP contribution is 2.45.